The molecule has 1 atom stereocenters. The van der Waals surface area contributed by atoms with Crippen molar-refractivity contribution < 1.29 is 8.42 Å². The minimum atomic E-state index is -3.63. The van der Waals surface area contributed by atoms with Gasteiger partial charge in [0.1, 0.15) is 0 Å². The molecule has 5 nitrogen and oxygen atoms in total. The molecule has 0 bridgehead atoms. The zero-order valence-corrected chi connectivity index (χ0v) is 11.7. The number of nitriles is 1. The molecule has 0 aromatic heterocycles. The molecule has 1 unspecified atom stereocenters. The number of nitrogens with one attached hydrogen (secondary N) is 1. The molecule has 0 saturated carbocycles. The van der Waals surface area contributed by atoms with Crippen LogP contribution in [-0.2, 0) is 10.0 Å². The summed E-state index contributed by atoms with van der Waals surface area (Å²) in [7, 11) is -3.63. The highest BCUT2D eigenvalue weighted by Gasteiger charge is 2.32. The molecule has 1 aromatic rings. The predicted molar refractivity (Wildman–Crippen MR) is 75.5 cm³/mol. The van der Waals surface area contributed by atoms with Crippen LogP contribution < -0.4 is 9.62 Å². The van der Waals surface area contributed by atoms with Gasteiger partial charge < -0.3 is 5.32 Å². The molecule has 0 aliphatic carbocycles. The number of hydrogen-bond donors (Lipinski definition) is 1. The molecule has 102 valence electrons. The second-order valence-electron chi connectivity index (χ2n) is 4.44. The Morgan fingerprint density at radius 1 is 1.47 bits per heavy atom. The van der Waals surface area contributed by atoms with E-state index in [0.29, 0.717) is 18.7 Å². The molecule has 6 heteroatoms. The van der Waals surface area contributed by atoms with Crippen LogP contribution in [0.2, 0.25) is 0 Å². The Kier molecular flexibility index (Phi) is 3.96. The Morgan fingerprint density at radius 3 is 2.89 bits per heavy atom. The van der Waals surface area contributed by atoms with Crippen molar-refractivity contribution in [3.05, 3.63) is 24.3 Å². The van der Waals surface area contributed by atoms with Gasteiger partial charge in [-0.1, -0.05) is 19.1 Å². The van der Waals surface area contributed by atoms with Crippen molar-refractivity contribution in [1.29, 1.82) is 5.26 Å². The van der Waals surface area contributed by atoms with Gasteiger partial charge in [-0.3, -0.25) is 4.31 Å². The van der Waals surface area contributed by atoms with Gasteiger partial charge in [-0.05, 0) is 25.0 Å². The van der Waals surface area contributed by atoms with Crippen LogP contribution in [0.3, 0.4) is 0 Å². The number of anilines is 2. The number of rotatable bonds is 3. The second-order valence-corrected chi connectivity index (χ2v) is 6.48. The maximum absolute atomic E-state index is 12.5. The summed E-state index contributed by atoms with van der Waals surface area (Å²) in [4.78, 5) is 0. The van der Waals surface area contributed by atoms with Crippen LogP contribution in [-0.4, -0.2) is 26.8 Å². The molecule has 0 fully saturated rings. The molecule has 1 aromatic carbocycles. The number of para-hydroxylation sites is 2. The molecule has 2 rings (SSSR count). The molecule has 19 heavy (non-hydrogen) atoms. The van der Waals surface area contributed by atoms with E-state index in [-0.39, 0.29) is 0 Å². The van der Waals surface area contributed by atoms with Crippen LogP contribution in [0.5, 0.6) is 0 Å². The summed E-state index contributed by atoms with van der Waals surface area (Å²) in [6, 6.07) is 9.19. The Morgan fingerprint density at radius 2 is 2.21 bits per heavy atom. The van der Waals surface area contributed by atoms with Gasteiger partial charge in [-0.15, -0.1) is 0 Å². The lowest BCUT2D eigenvalue weighted by Crippen LogP contribution is -2.38. The first kappa shape index (κ1) is 13.7. The van der Waals surface area contributed by atoms with E-state index in [9.17, 15) is 8.42 Å². The Labute approximate surface area is 113 Å². The maximum Gasteiger partial charge on any atom is 0.251 e. The number of nitrogens with zero attached hydrogens (tertiary/aromatic N) is 2. The van der Waals surface area contributed by atoms with E-state index in [0.717, 1.165) is 18.7 Å². The number of fused-ring (bicyclic) bond motifs is 1. The lowest BCUT2D eigenvalue weighted by Gasteiger charge is -2.25. The van der Waals surface area contributed by atoms with Crippen LogP contribution >= 0.6 is 0 Å². The number of sulfonamides is 1. The van der Waals surface area contributed by atoms with Crippen LogP contribution in [0.4, 0.5) is 11.4 Å². The van der Waals surface area contributed by atoms with Crippen molar-refractivity contribution in [1.82, 2.24) is 0 Å². The van der Waals surface area contributed by atoms with Crippen molar-refractivity contribution in [3.8, 4) is 6.07 Å². The standard InChI is InChI=1S/C13H17N3O2S/c1-2-11(10-14)19(17,18)16-9-5-8-15-12-6-3-4-7-13(12)16/h3-4,6-7,11,15H,2,5,8-9H2,1H3. The highest BCUT2D eigenvalue weighted by atomic mass is 32.2. The van der Waals surface area contributed by atoms with Gasteiger partial charge in [-0.25, -0.2) is 8.42 Å². The summed E-state index contributed by atoms with van der Waals surface area (Å²) in [5.41, 5.74) is 1.44. The van der Waals surface area contributed by atoms with E-state index in [1.54, 1.807) is 13.0 Å². The third-order valence-electron chi connectivity index (χ3n) is 3.21. The van der Waals surface area contributed by atoms with Crippen molar-refractivity contribution in [2.24, 2.45) is 0 Å². The molecular formula is C13H17N3O2S. The Hall–Kier alpha value is -1.74. The molecule has 1 N–H and O–H groups in total. The molecule has 0 saturated heterocycles. The first-order valence-corrected chi connectivity index (χ1v) is 7.85. The highest BCUT2D eigenvalue weighted by Crippen LogP contribution is 2.31. The first-order valence-electron chi connectivity index (χ1n) is 6.35. The van der Waals surface area contributed by atoms with E-state index in [4.69, 9.17) is 5.26 Å². The fourth-order valence-electron chi connectivity index (χ4n) is 2.19. The van der Waals surface area contributed by atoms with E-state index in [1.807, 2.05) is 24.3 Å². The summed E-state index contributed by atoms with van der Waals surface area (Å²) in [5.74, 6) is 0. The molecule has 1 heterocycles. The molecule has 1 aliphatic rings. The van der Waals surface area contributed by atoms with Crippen LogP contribution in [0, 0.1) is 11.3 Å². The van der Waals surface area contributed by atoms with Gasteiger partial charge in [0.25, 0.3) is 10.0 Å². The van der Waals surface area contributed by atoms with Gasteiger partial charge in [0, 0.05) is 13.1 Å². The normalized spacial score (nSPS) is 16.7. The quantitative estimate of drug-likeness (QED) is 0.917. The Balaban J connectivity index is 2.48. The fraction of sp³-hybridized carbons (Fsp3) is 0.462. The summed E-state index contributed by atoms with van der Waals surface area (Å²) in [5, 5.41) is 11.3. The molecule has 0 amide bonds. The SMILES string of the molecule is CCC(C#N)S(=O)(=O)N1CCCNc2ccccc21. The minimum Gasteiger partial charge on any atom is -0.383 e. The highest BCUT2D eigenvalue weighted by molar-refractivity contribution is 7.93. The van der Waals surface area contributed by atoms with Gasteiger partial charge in [-0.2, -0.15) is 5.26 Å². The summed E-state index contributed by atoms with van der Waals surface area (Å²) in [6.07, 6.45) is 1.01. The zero-order chi connectivity index (χ0) is 13.9. The lowest BCUT2D eigenvalue weighted by atomic mass is 10.2. The van der Waals surface area contributed by atoms with Crippen LogP contribution in [0.15, 0.2) is 24.3 Å². The Bertz CT molecular complexity index is 592. The summed E-state index contributed by atoms with van der Waals surface area (Å²) < 4.78 is 26.5. The molecular weight excluding hydrogens is 262 g/mol. The molecule has 1 aliphatic heterocycles. The number of hydrogen-bond acceptors (Lipinski definition) is 4. The monoisotopic (exact) mass is 279 g/mol. The van der Waals surface area contributed by atoms with E-state index in [1.165, 1.54) is 4.31 Å². The summed E-state index contributed by atoms with van der Waals surface area (Å²) >= 11 is 0. The van der Waals surface area contributed by atoms with Crippen molar-refractivity contribution in [2.75, 3.05) is 22.7 Å². The lowest BCUT2D eigenvalue weighted by molar-refractivity contribution is 0.581. The maximum atomic E-state index is 12.5. The topological polar surface area (TPSA) is 73.2 Å². The molecule has 0 spiro atoms. The van der Waals surface area contributed by atoms with Crippen molar-refractivity contribution in [2.45, 2.75) is 25.0 Å². The first-order chi connectivity index (χ1) is 9.11. The van der Waals surface area contributed by atoms with Gasteiger partial charge in [0.2, 0.25) is 0 Å². The average molecular weight is 279 g/mol. The second kappa shape index (κ2) is 5.49. The predicted octanol–water partition coefficient (Wildman–Crippen LogP) is 1.94. The smallest absolute Gasteiger partial charge is 0.251 e. The summed E-state index contributed by atoms with van der Waals surface area (Å²) in [6.45, 7) is 2.85. The van der Waals surface area contributed by atoms with Crippen molar-refractivity contribution in [3.63, 3.8) is 0 Å². The molecule has 0 radical (unpaired) electrons. The third kappa shape index (κ3) is 2.51. The zero-order valence-electron chi connectivity index (χ0n) is 10.8. The van der Waals surface area contributed by atoms with Crippen LogP contribution in [0.25, 0.3) is 0 Å². The van der Waals surface area contributed by atoms with Gasteiger partial charge in [0.05, 0.1) is 17.4 Å². The van der Waals surface area contributed by atoms with Crippen molar-refractivity contribution >= 4 is 21.4 Å². The average Bonchev–Trinajstić information content (AvgIpc) is 2.62. The largest absolute Gasteiger partial charge is 0.383 e. The van der Waals surface area contributed by atoms with E-state index >= 15 is 0 Å². The van der Waals surface area contributed by atoms with Gasteiger partial charge in [0.15, 0.2) is 5.25 Å². The third-order valence-corrected chi connectivity index (χ3v) is 5.36. The van der Waals surface area contributed by atoms with E-state index < -0.39 is 15.3 Å². The fourth-order valence-corrected chi connectivity index (χ4v) is 3.87. The number of benzene rings is 1. The van der Waals surface area contributed by atoms with E-state index in [2.05, 4.69) is 5.32 Å². The minimum absolute atomic E-state index is 0.297. The van der Waals surface area contributed by atoms with Crippen LogP contribution in [0.1, 0.15) is 19.8 Å². The van der Waals surface area contributed by atoms with Gasteiger partial charge >= 0.3 is 0 Å².